The van der Waals surface area contributed by atoms with Crippen molar-refractivity contribution < 1.29 is 0 Å². The van der Waals surface area contributed by atoms with E-state index in [0.29, 0.717) is 12.2 Å². The number of benzene rings is 1. The first kappa shape index (κ1) is 14.8. The van der Waals surface area contributed by atoms with Gasteiger partial charge in [0.25, 0.3) is 0 Å². The van der Waals surface area contributed by atoms with Crippen LogP contribution < -0.4 is 11.1 Å². The normalized spacial score (nSPS) is 10.0. The van der Waals surface area contributed by atoms with Crippen LogP contribution in [-0.2, 0) is 0 Å². The Bertz CT molecular complexity index is 604. The first-order valence-electron chi connectivity index (χ1n) is 7.10. The molecule has 0 saturated heterocycles. The van der Waals surface area contributed by atoms with Gasteiger partial charge in [-0.3, -0.25) is 0 Å². The number of hydrogen-bond acceptors (Lipinski definition) is 5. The second kappa shape index (κ2) is 7.85. The van der Waals surface area contributed by atoms with Crippen LogP contribution in [0.3, 0.4) is 0 Å². The summed E-state index contributed by atoms with van der Waals surface area (Å²) >= 11 is 0. The Kier molecular flexibility index (Phi) is 5.53. The third kappa shape index (κ3) is 4.46. The highest BCUT2D eigenvalue weighted by molar-refractivity contribution is 5.75. The number of nitrogens with one attached hydrogen (secondary N) is 1. The molecule has 0 spiro atoms. The van der Waals surface area contributed by atoms with Crippen molar-refractivity contribution in [3.05, 3.63) is 36.4 Å². The molecule has 108 valence electrons. The molecular formula is C16H19N5. The summed E-state index contributed by atoms with van der Waals surface area (Å²) in [6.45, 7) is 0.818. The highest BCUT2D eigenvalue weighted by atomic mass is 15.2. The van der Waals surface area contributed by atoms with E-state index in [4.69, 9.17) is 11.0 Å². The third-order valence-corrected chi connectivity index (χ3v) is 3.18. The van der Waals surface area contributed by atoms with Crippen LogP contribution in [0.1, 0.15) is 25.7 Å². The summed E-state index contributed by atoms with van der Waals surface area (Å²) in [5.74, 6) is 1.16. The van der Waals surface area contributed by atoms with Crippen molar-refractivity contribution in [2.45, 2.75) is 25.7 Å². The third-order valence-electron chi connectivity index (χ3n) is 3.18. The predicted octanol–water partition coefficient (Wildman–Crippen LogP) is 3.22. The highest BCUT2D eigenvalue weighted by Gasteiger charge is 2.06. The number of unbranched alkanes of at least 4 members (excludes halogenated alkanes) is 3. The average Bonchev–Trinajstić information content (AvgIpc) is 2.53. The molecule has 5 nitrogen and oxygen atoms in total. The molecule has 0 bridgehead atoms. The van der Waals surface area contributed by atoms with Crippen LogP contribution in [0.25, 0.3) is 11.1 Å². The van der Waals surface area contributed by atoms with Gasteiger partial charge < -0.3 is 11.1 Å². The quantitative estimate of drug-likeness (QED) is 0.761. The molecule has 1 heterocycles. The Hall–Kier alpha value is -2.61. The van der Waals surface area contributed by atoms with Crippen molar-refractivity contribution in [1.82, 2.24) is 10.2 Å². The van der Waals surface area contributed by atoms with E-state index in [1.165, 1.54) is 0 Å². The van der Waals surface area contributed by atoms with Gasteiger partial charge in [0, 0.05) is 18.5 Å². The maximum atomic E-state index is 8.47. The molecule has 0 aliphatic rings. The molecule has 21 heavy (non-hydrogen) atoms. The minimum absolute atomic E-state index is 0.431. The number of nitrogens with two attached hydrogens (primary N) is 1. The van der Waals surface area contributed by atoms with Crippen LogP contribution in [0.2, 0.25) is 0 Å². The number of nitrogen functional groups attached to an aromatic ring is 1. The van der Waals surface area contributed by atoms with E-state index >= 15 is 0 Å². The molecule has 3 N–H and O–H groups in total. The topological polar surface area (TPSA) is 87.6 Å². The number of nitrogens with zero attached hydrogens (tertiary/aromatic N) is 3. The molecule has 0 fully saturated rings. The van der Waals surface area contributed by atoms with Gasteiger partial charge in [-0.15, -0.1) is 10.2 Å². The van der Waals surface area contributed by atoms with Crippen molar-refractivity contribution in [2.75, 3.05) is 17.6 Å². The zero-order valence-corrected chi connectivity index (χ0v) is 11.9. The summed E-state index contributed by atoms with van der Waals surface area (Å²) in [6.07, 6.45) is 3.61. The molecule has 0 unspecified atom stereocenters. The van der Waals surface area contributed by atoms with E-state index in [1.54, 1.807) is 0 Å². The molecule has 0 aliphatic carbocycles. The summed E-state index contributed by atoms with van der Waals surface area (Å²) < 4.78 is 0. The molecule has 0 aliphatic heterocycles. The SMILES string of the molecule is N#CCCCCCNc1cc(-c2ccccc2)c(N)nn1. The molecule has 1 aromatic heterocycles. The van der Waals surface area contributed by atoms with Crippen LogP contribution in [0.5, 0.6) is 0 Å². The van der Waals surface area contributed by atoms with Gasteiger partial charge in [-0.1, -0.05) is 36.8 Å². The van der Waals surface area contributed by atoms with Gasteiger partial charge in [0.15, 0.2) is 5.82 Å². The maximum absolute atomic E-state index is 8.47. The fraction of sp³-hybridized carbons (Fsp3) is 0.312. The molecular weight excluding hydrogens is 262 g/mol. The van der Waals surface area contributed by atoms with Crippen molar-refractivity contribution in [3.63, 3.8) is 0 Å². The second-order valence-corrected chi connectivity index (χ2v) is 4.79. The van der Waals surface area contributed by atoms with Crippen LogP contribution in [0.4, 0.5) is 11.6 Å². The van der Waals surface area contributed by atoms with Crippen molar-refractivity contribution in [1.29, 1.82) is 5.26 Å². The van der Waals surface area contributed by atoms with Gasteiger partial charge in [-0.2, -0.15) is 5.26 Å². The monoisotopic (exact) mass is 281 g/mol. The molecule has 0 saturated carbocycles. The molecule has 2 rings (SSSR count). The standard InChI is InChI=1S/C16H19N5/c17-10-6-1-2-7-11-19-15-12-14(16(18)21-20-15)13-8-4-3-5-9-13/h3-5,8-9,12H,1-2,6-7,11H2,(H2,18,21)(H,19,20). The van der Waals surface area contributed by atoms with E-state index in [0.717, 1.165) is 42.8 Å². The second-order valence-electron chi connectivity index (χ2n) is 4.79. The first-order valence-corrected chi connectivity index (χ1v) is 7.10. The van der Waals surface area contributed by atoms with E-state index in [2.05, 4.69) is 21.6 Å². The first-order chi connectivity index (χ1) is 10.3. The molecule has 0 amide bonds. The predicted molar refractivity (Wildman–Crippen MR) is 84.5 cm³/mol. The van der Waals surface area contributed by atoms with Crippen molar-refractivity contribution in [3.8, 4) is 17.2 Å². The summed E-state index contributed by atoms with van der Waals surface area (Å²) in [6, 6.07) is 14.0. The smallest absolute Gasteiger partial charge is 0.154 e. The summed E-state index contributed by atoms with van der Waals surface area (Å²) in [7, 11) is 0. The van der Waals surface area contributed by atoms with Crippen LogP contribution in [0, 0.1) is 11.3 Å². The lowest BCUT2D eigenvalue weighted by atomic mass is 10.1. The van der Waals surface area contributed by atoms with Gasteiger partial charge >= 0.3 is 0 Å². The van der Waals surface area contributed by atoms with Crippen molar-refractivity contribution >= 4 is 11.6 Å². The highest BCUT2D eigenvalue weighted by Crippen LogP contribution is 2.25. The molecule has 0 radical (unpaired) electrons. The fourth-order valence-electron chi connectivity index (χ4n) is 2.06. The number of rotatable bonds is 7. The van der Waals surface area contributed by atoms with Gasteiger partial charge in [0.1, 0.15) is 5.82 Å². The van der Waals surface area contributed by atoms with Crippen LogP contribution in [0.15, 0.2) is 36.4 Å². The van der Waals surface area contributed by atoms with Gasteiger partial charge in [-0.05, 0) is 24.5 Å². The lowest BCUT2D eigenvalue weighted by Crippen LogP contribution is -2.06. The van der Waals surface area contributed by atoms with Crippen molar-refractivity contribution in [2.24, 2.45) is 0 Å². The number of anilines is 2. The fourth-order valence-corrected chi connectivity index (χ4v) is 2.06. The van der Waals surface area contributed by atoms with Gasteiger partial charge in [0.2, 0.25) is 0 Å². The maximum Gasteiger partial charge on any atom is 0.154 e. The Morgan fingerprint density at radius 2 is 1.90 bits per heavy atom. The summed E-state index contributed by atoms with van der Waals surface area (Å²) in [5.41, 5.74) is 7.82. The number of hydrogen-bond donors (Lipinski definition) is 2. The Labute approximate surface area is 124 Å². The minimum atomic E-state index is 0.431. The Balaban J connectivity index is 1.95. The van der Waals surface area contributed by atoms with Crippen LogP contribution >= 0.6 is 0 Å². The van der Waals surface area contributed by atoms with E-state index in [1.807, 2.05) is 36.4 Å². The largest absolute Gasteiger partial charge is 0.382 e. The van der Waals surface area contributed by atoms with Gasteiger partial charge in [-0.25, -0.2) is 0 Å². The molecule has 2 aromatic rings. The van der Waals surface area contributed by atoms with Crippen LogP contribution in [-0.4, -0.2) is 16.7 Å². The lowest BCUT2D eigenvalue weighted by Gasteiger charge is -2.08. The van der Waals surface area contributed by atoms with E-state index in [-0.39, 0.29) is 0 Å². The summed E-state index contributed by atoms with van der Waals surface area (Å²) in [5, 5.41) is 19.8. The number of nitriles is 1. The molecule has 0 atom stereocenters. The number of aromatic nitrogens is 2. The lowest BCUT2D eigenvalue weighted by molar-refractivity contribution is 0.710. The van der Waals surface area contributed by atoms with E-state index < -0.39 is 0 Å². The molecule has 5 heteroatoms. The minimum Gasteiger partial charge on any atom is -0.382 e. The van der Waals surface area contributed by atoms with E-state index in [9.17, 15) is 0 Å². The van der Waals surface area contributed by atoms with Gasteiger partial charge in [0.05, 0.1) is 6.07 Å². The zero-order chi connectivity index (χ0) is 14.9. The Morgan fingerprint density at radius 1 is 1.10 bits per heavy atom. The zero-order valence-electron chi connectivity index (χ0n) is 11.9. The summed E-state index contributed by atoms with van der Waals surface area (Å²) in [4.78, 5) is 0. The Morgan fingerprint density at radius 3 is 2.67 bits per heavy atom. The molecule has 1 aromatic carbocycles. The average molecular weight is 281 g/mol.